The highest BCUT2D eigenvalue weighted by Crippen LogP contribution is 2.09. The maximum absolute atomic E-state index is 11.4. The zero-order valence-corrected chi connectivity index (χ0v) is 9.29. The SMILES string of the molecule is O=C(O)c1cnc(COc2ccccc2)[nH]c1=O. The van der Waals surface area contributed by atoms with Crippen molar-refractivity contribution in [2.45, 2.75) is 6.61 Å². The number of hydrogen-bond donors (Lipinski definition) is 2. The van der Waals surface area contributed by atoms with Gasteiger partial charge in [0.25, 0.3) is 5.56 Å². The molecule has 0 saturated carbocycles. The normalized spacial score (nSPS) is 10.0. The van der Waals surface area contributed by atoms with E-state index in [-0.39, 0.29) is 12.4 Å². The van der Waals surface area contributed by atoms with E-state index in [0.717, 1.165) is 6.20 Å². The van der Waals surface area contributed by atoms with Crippen LogP contribution in [0.4, 0.5) is 0 Å². The van der Waals surface area contributed by atoms with Crippen LogP contribution in [0.1, 0.15) is 16.2 Å². The fourth-order valence-corrected chi connectivity index (χ4v) is 1.33. The van der Waals surface area contributed by atoms with E-state index in [4.69, 9.17) is 9.84 Å². The number of aromatic nitrogens is 2. The van der Waals surface area contributed by atoms with Crippen LogP contribution in [0.2, 0.25) is 0 Å². The van der Waals surface area contributed by atoms with Crippen LogP contribution in [0.5, 0.6) is 5.75 Å². The first-order chi connectivity index (χ1) is 8.66. The first kappa shape index (κ1) is 11.8. The molecule has 0 aliphatic rings. The van der Waals surface area contributed by atoms with E-state index in [1.165, 1.54) is 0 Å². The lowest BCUT2D eigenvalue weighted by Crippen LogP contribution is -2.20. The molecular formula is C12H10N2O4. The second-order valence-electron chi connectivity index (χ2n) is 3.48. The molecule has 2 N–H and O–H groups in total. The summed E-state index contributed by atoms with van der Waals surface area (Å²) >= 11 is 0. The van der Waals surface area contributed by atoms with Crippen molar-refractivity contribution in [3.05, 3.63) is 58.3 Å². The number of carboxylic acids is 1. The van der Waals surface area contributed by atoms with Crippen LogP contribution < -0.4 is 10.3 Å². The molecule has 0 bridgehead atoms. The molecule has 0 aliphatic carbocycles. The largest absolute Gasteiger partial charge is 0.486 e. The molecule has 0 aliphatic heterocycles. The van der Waals surface area contributed by atoms with Gasteiger partial charge in [0, 0.05) is 6.20 Å². The summed E-state index contributed by atoms with van der Waals surface area (Å²) in [5.74, 6) is -0.393. The summed E-state index contributed by atoms with van der Waals surface area (Å²) in [4.78, 5) is 28.2. The summed E-state index contributed by atoms with van der Waals surface area (Å²) in [7, 11) is 0. The molecule has 1 heterocycles. The molecule has 6 nitrogen and oxygen atoms in total. The predicted octanol–water partition coefficient (Wildman–Crippen LogP) is 1.05. The zero-order chi connectivity index (χ0) is 13.0. The number of aromatic carboxylic acids is 1. The van der Waals surface area contributed by atoms with E-state index in [1.807, 2.05) is 18.2 Å². The monoisotopic (exact) mass is 246 g/mol. The molecule has 0 amide bonds. The van der Waals surface area contributed by atoms with E-state index in [2.05, 4.69) is 9.97 Å². The van der Waals surface area contributed by atoms with Gasteiger partial charge in [-0.05, 0) is 12.1 Å². The summed E-state index contributed by atoms with van der Waals surface area (Å²) in [5, 5.41) is 8.67. The van der Waals surface area contributed by atoms with Crippen molar-refractivity contribution in [2.24, 2.45) is 0 Å². The van der Waals surface area contributed by atoms with E-state index >= 15 is 0 Å². The third kappa shape index (κ3) is 2.73. The Labute approximate surface area is 102 Å². The van der Waals surface area contributed by atoms with Gasteiger partial charge in [-0.25, -0.2) is 9.78 Å². The smallest absolute Gasteiger partial charge is 0.342 e. The predicted molar refractivity (Wildman–Crippen MR) is 62.6 cm³/mol. The van der Waals surface area contributed by atoms with Gasteiger partial charge in [-0.1, -0.05) is 18.2 Å². The highest BCUT2D eigenvalue weighted by molar-refractivity contribution is 5.86. The third-order valence-electron chi connectivity index (χ3n) is 2.20. The Balaban J connectivity index is 2.09. The molecular weight excluding hydrogens is 236 g/mol. The molecule has 0 radical (unpaired) electrons. The summed E-state index contributed by atoms with van der Waals surface area (Å²) in [5.41, 5.74) is -1.08. The van der Waals surface area contributed by atoms with Gasteiger partial charge in [0.1, 0.15) is 23.7 Å². The summed E-state index contributed by atoms with van der Waals surface area (Å²) < 4.78 is 5.37. The quantitative estimate of drug-likeness (QED) is 0.841. The van der Waals surface area contributed by atoms with Gasteiger partial charge >= 0.3 is 5.97 Å². The lowest BCUT2D eigenvalue weighted by Gasteiger charge is -2.05. The van der Waals surface area contributed by atoms with Gasteiger partial charge in [0.2, 0.25) is 0 Å². The van der Waals surface area contributed by atoms with Crippen LogP contribution in [0.15, 0.2) is 41.3 Å². The van der Waals surface area contributed by atoms with Crippen LogP contribution in [0, 0.1) is 0 Å². The van der Waals surface area contributed by atoms with E-state index in [0.29, 0.717) is 5.75 Å². The summed E-state index contributed by atoms with van der Waals surface area (Å²) in [6, 6.07) is 9.03. The Morgan fingerprint density at radius 2 is 2.06 bits per heavy atom. The highest BCUT2D eigenvalue weighted by atomic mass is 16.5. The van der Waals surface area contributed by atoms with E-state index in [1.54, 1.807) is 12.1 Å². The molecule has 0 unspecified atom stereocenters. The first-order valence-corrected chi connectivity index (χ1v) is 5.16. The van der Waals surface area contributed by atoms with Gasteiger partial charge in [0.15, 0.2) is 0 Å². The van der Waals surface area contributed by atoms with Crippen molar-refractivity contribution < 1.29 is 14.6 Å². The number of nitrogens with one attached hydrogen (secondary N) is 1. The number of rotatable bonds is 4. The number of benzene rings is 1. The average Bonchev–Trinajstić information content (AvgIpc) is 2.37. The number of para-hydroxylation sites is 1. The molecule has 0 saturated heterocycles. The average molecular weight is 246 g/mol. The number of carbonyl (C=O) groups is 1. The van der Waals surface area contributed by atoms with Crippen LogP contribution in [0.25, 0.3) is 0 Å². The molecule has 6 heteroatoms. The number of aromatic amines is 1. The fourth-order valence-electron chi connectivity index (χ4n) is 1.33. The minimum atomic E-state index is -1.31. The Morgan fingerprint density at radius 1 is 1.33 bits per heavy atom. The number of ether oxygens (including phenoxy) is 1. The Morgan fingerprint density at radius 3 is 2.67 bits per heavy atom. The fraction of sp³-hybridized carbons (Fsp3) is 0.0833. The summed E-state index contributed by atoms with van der Waals surface area (Å²) in [6.07, 6.45) is 1.02. The Kier molecular flexibility index (Phi) is 3.38. The minimum Gasteiger partial charge on any atom is -0.486 e. The van der Waals surface area contributed by atoms with Crippen LogP contribution in [-0.4, -0.2) is 21.0 Å². The topological polar surface area (TPSA) is 92.3 Å². The van der Waals surface area contributed by atoms with Crippen molar-refractivity contribution in [3.8, 4) is 5.75 Å². The molecule has 18 heavy (non-hydrogen) atoms. The van der Waals surface area contributed by atoms with Gasteiger partial charge in [-0.3, -0.25) is 4.79 Å². The molecule has 92 valence electrons. The lowest BCUT2D eigenvalue weighted by atomic mass is 10.3. The Hall–Kier alpha value is -2.63. The molecule has 0 fully saturated rings. The van der Waals surface area contributed by atoms with Gasteiger partial charge in [0.05, 0.1) is 0 Å². The zero-order valence-electron chi connectivity index (χ0n) is 9.29. The van der Waals surface area contributed by atoms with Crippen molar-refractivity contribution in [1.82, 2.24) is 9.97 Å². The molecule has 1 aromatic heterocycles. The number of carboxylic acid groups (broad SMARTS) is 1. The van der Waals surface area contributed by atoms with Crippen molar-refractivity contribution in [3.63, 3.8) is 0 Å². The van der Waals surface area contributed by atoms with Gasteiger partial charge in [-0.2, -0.15) is 0 Å². The van der Waals surface area contributed by atoms with E-state index < -0.39 is 17.1 Å². The maximum Gasteiger partial charge on any atom is 0.342 e. The highest BCUT2D eigenvalue weighted by Gasteiger charge is 2.09. The van der Waals surface area contributed by atoms with Crippen LogP contribution in [-0.2, 0) is 6.61 Å². The van der Waals surface area contributed by atoms with Crippen LogP contribution in [0.3, 0.4) is 0 Å². The second kappa shape index (κ2) is 5.13. The third-order valence-corrected chi connectivity index (χ3v) is 2.20. The number of nitrogens with zero attached hydrogens (tertiary/aromatic N) is 1. The second-order valence-corrected chi connectivity index (χ2v) is 3.48. The molecule has 0 atom stereocenters. The Bertz CT molecular complexity index is 607. The van der Waals surface area contributed by atoms with E-state index in [9.17, 15) is 9.59 Å². The standard InChI is InChI=1S/C12H10N2O4/c15-11-9(12(16)17)6-13-10(14-11)7-18-8-4-2-1-3-5-8/h1-6H,7H2,(H,16,17)(H,13,14,15). The van der Waals surface area contributed by atoms with Crippen molar-refractivity contribution in [1.29, 1.82) is 0 Å². The van der Waals surface area contributed by atoms with Crippen LogP contribution >= 0.6 is 0 Å². The number of hydrogen-bond acceptors (Lipinski definition) is 4. The molecule has 0 spiro atoms. The van der Waals surface area contributed by atoms with Gasteiger partial charge < -0.3 is 14.8 Å². The lowest BCUT2D eigenvalue weighted by molar-refractivity contribution is 0.0694. The first-order valence-electron chi connectivity index (χ1n) is 5.16. The minimum absolute atomic E-state index is 0.0686. The molecule has 1 aromatic carbocycles. The van der Waals surface area contributed by atoms with Gasteiger partial charge in [-0.15, -0.1) is 0 Å². The molecule has 2 aromatic rings. The summed E-state index contributed by atoms with van der Waals surface area (Å²) in [6.45, 7) is 0.0686. The number of H-pyrrole nitrogens is 1. The van der Waals surface area contributed by atoms with Crippen molar-refractivity contribution in [2.75, 3.05) is 0 Å². The molecule has 2 rings (SSSR count). The van der Waals surface area contributed by atoms with Crippen molar-refractivity contribution >= 4 is 5.97 Å². The maximum atomic E-state index is 11.4.